The fourth-order valence-electron chi connectivity index (χ4n) is 4.01. The number of fused-ring (bicyclic) bond motifs is 1. The van der Waals surface area contributed by atoms with Crippen molar-refractivity contribution in [1.82, 2.24) is 20.1 Å². The molecule has 1 fully saturated rings. The summed E-state index contributed by atoms with van der Waals surface area (Å²) in [6, 6.07) is 15.5. The molecule has 4 rings (SSSR count). The van der Waals surface area contributed by atoms with Crippen molar-refractivity contribution >= 4 is 28.4 Å². The predicted molar refractivity (Wildman–Crippen MR) is 128 cm³/mol. The predicted octanol–water partition coefficient (Wildman–Crippen LogP) is 3.72. The van der Waals surface area contributed by atoms with Crippen LogP contribution in [0.25, 0.3) is 10.9 Å². The Hall–Kier alpha value is -2.67. The number of benzene rings is 2. The number of hydrogen-bond donors (Lipinski definition) is 1. The average Bonchev–Trinajstić information content (AvgIpc) is 2.84. The minimum atomic E-state index is -0.171. The van der Waals surface area contributed by atoms with Crippen molar-refractivity contribution in [1.29, 1.82) is 0 Å². The average molecular weight is 453 g/mol. The molecule has 0 unspecified atom stereocenters. The summed E-state index contributed by atoms with van der Waals surface area (Å²) in [5, 5.41) is 4.40. The quantitative estimate of drug-likeness (QED) is 0.564. The van der Waals surface area contributed by atoms with Crippen LogP contribution < -0.4 is 10.1 Å². The molecule has 2 heterocycles. The Morgan fingerprint density at radius 3 is 2.56 bits per heavy atom. The van der Waals surface area contributed by atoms with Crippen molar-refractivity contribution in [2.24, 2.45) is 0 Å². The molecule has 1 saturated heterocycles. The van der Waals surface area contributed by atoms with Gasteiger partial charge in [0.2, 0.25) is 0 Å². The van der Waals surface area contributed by atoms with E-state index in [-0.39, 0.29) is 12.5 Å². The van der Waals surface area contributed by atoms with Gasteiger partial charge in [0, 0.05) is 50.9 Å². The largest absolute Gasteiger partial charge is 0.481 e. The molecule has 0 radical (unpaired) electrons. The second-order valence-electron chi connectivity index (χ2n) is 7.99. The maximum Gasteiger partial charge on any atom is 0.258 e. The fourth-order valence-corrected chi connectivity index (χ4v) is 4.22. The maximum absolute atomic E-state index is 12.5. The van der Waals surface area contributed by atoms with Crippen LogP contribution in [0.4, 0.5) is 0 Å². The van der Waals surface area contributed by atoms with Gasteiger partial charge in [-0.2, -0.15) is 0 Å². The summed E-state index contributed by atoms with van der Waals surface area (Å²) in [5.74, 6) is 0.377. The molecule has 32 heavy (non-hydrogen) atoms. The fraction of sp³-hybridized carbons (Fsp3) is 0.360. The van der Waals surface area contributed by atoms with Crippen LogP contribution >= 0.6 is 11.6 Å². The SMILES string of the molecule is CCN1CCN(Cc2ccccc2CNC(=O)COc2ccc(Cl)c3cccnc23)CC1. The van der Waals surface area contributed by atoms with Crippen LogP contribution in [-0.2, 0) is 17.9 Å². The summed E-state index contributed by atoms with van der Waals surface area (Å²) in [4.78, 5) is 21.8. The molecule has 2 aromatic carbocycles. The number of rotatable bonds is 8. The number of ether oxygens (including phenoxy) is 1. The van der Waals surface area contributed by atoms with E-state index < -0.39 is 0 Å². The van der Waals surface area contributed by atoms with Crippen LogP contribution in [0, 0.1) is 0 Å². The van der Waals surface area contributed by atoms with Crippen molar-refractivity contribution in [3.63, 3.8) is 0 Å². The molecule has 1 amide bonds. The highest BCUT2D eigenvalue weighted by atomic mass is 35.5. The molecule has 0 aliphatic carbocycles. The first-order chi connectivity index (χ1) is 15.6. The summed E-state index contributed by atoms with van der Waals surface area (Å²) in [6.45, 7) is 9.01. The van der Waals surface area contributed by atoms with Crippen LogP contribution in [-0.4, -0.2) is 60.0 Å². The van der Waals surface area contributed by atoms with Crippen LogP contribution in [0.1, 0.15) is 18.1 Å². The molecule has 168 valence electrons. The van der Waals surface area contributed by atoms with Crippen molar-refractivity contribution in [2.45, 2.75) is 20.0 Å². The maximum atomic E-state index is 12.5. The van der Waals surface area contributed by atoms with Gasteiger partial charge in [-0.1, -0.05) is 42.8 Å². The van der Waals surface area contributed by atoms with Crippen molar-refractivity contribution < 1.29 is 9.53 Å². The third-order valence-corrected chi connectivity index (χ3v) is 6.27. The van der Waals surface area contributed by atoms with Crippen molar-refractivity contribution in [3.8, 4) is 5.75 Å². The normalized spacial score (nSPS) is 15.1. The lowest BCUT2D eigenvalue weighted by atomic mass is 10.1. The first-order valence-corrected chi connectivity index (χ1v) is 11.5. The van der Waals surface area contributed by atoms with Crippen LogP contribution in [0.5, 0.6) is 5.75 Å². The van der Waals surface area contributed by atoms with Gasteiger partial charge in [0.15, 0.2) is 6.61 Å². The number of amides is 1. The monoisotopic (exact) mass is 452 g/mol. The molecule has 0 atom stereocenters. The number of nitrogens with zero attached hydrogens (tertiary/aromatic N) is 3. The number of piperazine rings is 1. The minimum absolute atomic E-state index is 0.0749. The van der Waals surface area contributed by atoms with Crippen molar-refractivity contribution in [3.05, 3.63) is 70.9 Å². The van der Waals surface area contributed by atoms with Gasteiger partial charge in [0.05, 0.1) is 5.02 Å². The number of halogens is 1. The Bertz CT molecular complexity index is 1070. The van der Waals surface area contributed by atoms with E-state index in [1.54, 1.807) is 18.3 Å². The van der Waals surface area contributed by atoms with Crippen LogP contribution in [0.3, 0.4) is 0 Å². The second-order valence-corrected chi connectivity index (χ2v) is 8.40. The van der Waals surface area contributed by atoms with E-state index >= 15 is 0 Å². The summed E-state index contributed by atoms with van der Waals surface area (Å²) < 4.78 is 5.75. The van der Waals surface area contributed by atoms with Crippen molar-refractivity contribution in [2.75, 3.05) is 39.3 Å². The Labute approximate surface area is 194 Å². The van der Waals surface area contributed by atoms with E-state index in [0.717, 1.165) is 50.2 Å². The van der Waals surface area contributed by atoms with Crippen LogP contribution in [0.2, 0.25) is 5.02 Å². The zero-order valence-corrected chi connectivity index (χ0v) is 19.1. The van der Waals surface area contributed by atoms with E-state index in [1.807, 2.05) is 18.2 Å². The molecule has 7 heteroatoms. The third-order valence-electron chi connectivity index (χ3n) is 5.94. The molecule has 0 saturated carbocycles. The number of hydrogen-bond acceptors (Lipinski definition) is 5. The third kappa shape index (κ3) is 5.57. The number of carbonyl (C=O) groups is 1. The summed E-state index contributed by atoms with van der Waals surface area (Å²) in [7, 11) is 0. The number of nitrogens with one attached hydrogen (secondary N) is 1. The zero-order chi connectivity index (χ0) is 22.3. The minimum Gasteiger partial charge on any atom is -0.481 e. The van der Waals surface area contributed by atoms with E-state index in [9.17, 15) is 4.79 Å². The van der Waals surface area contributed by atoms with Gasteiger partial charge in [-0.15, -0.1) is 0 Å². The Morgan fingerprint density at radius 2 is 1.78 bits per heavy atom. The topological polar surface area (TPSA) is 57.7 Å². The second kappa shape index (κ2) is 10.8. The number of aromatic nitrogens is 1. The Balaban J connectivity index is 1.32. The highest BCUT2D eigenvalue weighted by Gasteiger charge is 2.17. The Kier molecular flexibility index (Phi) is 7.58. The lowest BCUT2D eigenvalue weighted by Gasteiger charge is -2.34. The van der Waals surface area contributed by atoms with Gasteiger partial charge in [0.25, 0.3) is 5.91 Å². The van der Waals surface area contributed by atoms with Gasteiger partial charge in [-0.25, -0.2) is 0 Å². The van der Waals surface area contributed by atoms with Gasteiger partial charge >= 0.3 is 0 Å². The lowest BCUT2D eigenvalue weighted by molar-refractivity contribution is -0.123. The summed E-state index contributed by atoms with van der Waals surface area (Å²) in [5.41, 5.74) is 3.05. The van der Waals surface area contributed by atoms with Gasteiger partial charge < -0.3 is 15.0 Å². The van der Waals surface area contributed by atoms with Gasteiger partial charge in [-0.05, 0) is 41.9 Å². The molecular weight excluding hydrogens is 424 g/mol. The molecule has 0 spiro atoms. The lowest BCUT2D eigenvalue weighted by Crippen LogP contribution is -2.45. The van der Waals surface area contributed by atoms with E-state index in [2.05, 4.69) is 45.2 Å². The highest BCUT2D eigenvalue weighted by Crippen LogP contribution is 2.29. The number of pyridine rings is 1. The van der Waals surface area contributed by atoms with E-state index in [4.69, 9.17) is 16.3 Å². The smallest absolute Gasteiger partial charge is 0.258 e. The Morgan fingerprint density at radius 1 is 1.03 bits per heavy atom. The first-order valence-electron chi connectivity index (χ1n) is 11.1. The van der Waals surface area contributed by atoms with E-state index in [0.29, 0.717) is 22.8 Å². The molecule has 1 aromatic heterocycles. The number of carbonyl (C=O) groups excluding carboxylic acids is 1. The standard InChI is InChI=1S/C25H29ClN4O2/c1-2-29-12-14-30(15-13-29)17-20-7-4-3-6-19(20)16-28-24(31)18-32-23-10-9-22(26)21-8-5-11-27-25(21)23/h3-11H,2,12-18H2,1H3,(H,28,31). The molecule has 1 aliphatic heterocycles. The molecule has 1 aliphatic rings. The van der Waals surface area contributed by atoms with Crippen LogP contribution in [0.15, 0.2) is 54.7 Å². The van der Waals surface area contributed by atoms with Gasteiger partial charge in [0.1, 0.15) is 11.3 Å². The van der Waals surface area contributed by atoms with E-state index in [1.165, 1.54) is 5.56 Å². The highest BCUT2D eigenvalue weighted by molar-refractivity contribution is 6.35. The zero-order valence-electron chi connectivity index (χ0n) is 18.4. The summed E-state index contributed by atoms with van der Waals surface area (Å²) >= 11 is 6.23. The molecule has 1 N–H and O–H groups in total. The number of likely N-dealkylation sites (N-methyl/N-ethyl adjacent to an activating group) is 1. The molecule has 3 aromatic rings. The molecular formula is C25H29ClN4O2. The molecule has 6 nitrogen and oxygen atoms in total. The molecule has 0 bridgehead atoms. The first kappa shape index (κ1) is 22.5. The van der Waals surface area contributed by atoms with Gasteiger partial charge in [-0.3, -0.25) is 14.7 Å². The summed E-state index contributed by atoms with van der Waals surface area (Å²) in [6.07, 6.45) is 1.69.